The van der Waals surface area contributed by atoms with Gasteiger partial charge in [0.2, 0.25) is 0 Å². The summed E-state index contributed by atoms with van der Waals surface area (Å²) in [7, 11) is 0. The van der Waals surface area contributed by atoms with Crippen molar-refractivity contribution in [1.82, 2.24) is 10.6 Å². The third kappa shape index (κ3) is 8.05. The Balaban J connectivity index is 1.98. The molecule has 1 saturated carbocycles. The van der Waals surface area contributed by atoms with E-state index in [0.717, 1.165) is 32.1 Å². The van der Waals surface area contributed by atoms with Crippen LogP contribution in [0.25, 0.3) is 0 Å². The number of carboxylic acid groups (broad SMARTS) is 1. The second-order valence-electron chi connectivity index (χ2n) is 6.13. The zero-order valence-electron chi connectivity index (χ0n) is 13.5. The maximum absolute atomic E-state index is 11.8. The fraction of sp³-hybridized carbons (Fsp3) is 0.765. The molecule has 0 aromatic carbocycles. The molecule has 1 aliphatic rings. The number of carbonyl (C=O) groups excluding carboxylic acids is 1. The maximum Gasteiger partial charge on any atom is 0.315 e. The lowest BCUT2D eigenvalue weighted by Gasteiger charge is -2.26. The Kier molecular flexibility index (Phi) is 9.35. The first kappa shape index (κ1) is 18.5. The Labute approximate surface area is 133 Å². The van der Waals surface area contributed by atoms with E-state index in [1.165, 1.54) is 19.3 Å². The van der Waals surface area contributed by atoms with Gasteiger partial charge in [-0.3, -0.25) is 4.79 Å². The Morgan fingerprint density at radius 2 is 1.68 bits per heavy atom. The molecule has 0 bridgehead atoms. The summed E-state index contributed by atoms with van der Waals surface area (Å²) in [4.78, 5) is 22.6. The van der Waals surface area contributed by atoms with Gasteiger partial charge in [0, 0.05) is 12.6 Å². The number of amides is 2. The molecule has 1 rings (SSSR count). The van der Waals surface area contributed by atoms with Crippen LogP contribution < -0.4 is 10.6 Å². The first-order valence-electron chi connectivity index (χ1n) is 8.51. The zero-order chi connectivity index (χ0) is 16.2. The van der Waals surface area contributed by atoms with E-state index in [-0.39, 0.29) is 18.0 Å². The smallest absolute Gasteiger partial charge is 0.315 e. The standard InChI is InChI=1S/C17H30N2O3/c1-2-3-4-5-6-7-8-13-18-17(22)19-15-11-9-14(10-12-15)16(20)21/h2,14-15H,1,3-13H2,(H,20,21)(H2,18,19,22). The molecular weight excluding hydrogens is 280 g/mol. The van der Waals surface area contributed by atoms with Gasteiger partial charge in [0.15, 0.2) is 0 Å². The van der Waals surface area contributed by atoms with Crippen LogP contribution in [-0.2, 0) is 4.79 Å². The van der Waals surface area contributed by atoms with Crippen molar-refractivity contribution in [2.24, 2.45) is 5.92 Å². The van der Waals surface area contributed by atoms with Crippen molar-refractivity contribution in [3.05, 3.63) is 12.7 Å². The van der Waals surface area contributed by atoms with Crippen molar-refractivity contribution in [3.8, 4) is 0 Å². The molecule has 0 heterocycles. The van der Waals surface area contributed by atoms with Gasteiger partial charge in [-0.1, -0.05) is 25.3 Å². The molecule has 22 heavy (non-hydrogen) atoms. The van der Waals surface area contributed by atoms with E-state index >= 15 is 0 Å². The van der Waals surface area contributed by atoms with Crippen LogP contribution in [0.4, 0.5) is 4.79 Å². The number of aliphatic carboxylic acids is 1. The molecule has 1 aliphatic carbocycles. The number of nitrogens with one attached hydrogen (secondary N) is 2. The van der Waals surface area contributed by atoms with Crippen LogP contribution in [0, 0.1) is 5.92 Å². The molecule has 2 amide bonds. The second kappa shape index (κ2) is 11.1. The lowest BCUT2D eigenvalue weighted by Crippen LogP contribution is -2.44. The van der Waals surface area contributed by atoms with E-state index in [0.29, 0.717) is 19.4 Å². The largest absolute Gasteiger partial charge is 0.481 e. The highest BCUT2D eigenvalue weighted by molar-refractivity contribution is 5.74. The van der Waals surface area contributed by atoms with Crippen molar-refractivity contribution in [1.29, 1.82) is 0 Å². The molecule has 5 heteroatoms. The summed E-state index contributed by atoms with van der Waals surface area (Å²) in [6.45, 7) is 4.41. The number of hydrogen-bond donors (Lipinski definition) is 3. The van der Waals surface area contributed by atoms with Crippen LogP contribution >= 0.6 is 0 Å². The maximum atomic E-state index is 11.8. The van der Waals surface area contributed by atoms with Gasteiger partial charge in [-0.05, 0) is 44.9 Å². The SMILES string of the molecule is C=CCCCCCCCNC(=O)NC1CCC(C(=O)O)CC1. The highest BCUT2D eigenvalue weighted by Crippen LogP contribution is 2.24. The van der Waals surface area contributed by atoms with E-state index in [2.05, 4.69) is 17.2 Å². The normalized spacial score (nSPS) is 21.1. The van der Waals surface area contributed by atoms with Crippen LogP contribution in [0.2, 0.25) is 0 Å². The van der Waals surface area contributed by atoms with Gasteiger partial charge in [0.05, 0.1) is 5.92 Å². The Morgan fingerprint density at radius 1 is 1.05 bits per heavy atom. The first-order valence-corrected chi connectivity index (χ1v) is 8.51. The summed E-state index contributed by atoms with van der Waals surface area (Å²) < 4.78 is 0. The van der Waals surface area contributed by atoms with Crippen molar-refractivity contribution in [2.75, 3.05) is 6.54 Å². The van der Waals surface area contributed by atoms with E-state index in [9.17, 15) is 9.59 Å². The van der Waals surface area contributed by atoms with Crippen LogP contribution in [0.5, 0.6) is 0 Å². The topological polar surface area (TPSA) is 78.4 Å². The molecule has 0 unspecified atom stereocenters. The van der Waals surface area contributed by atoms with Crippen LogP contribution in [0.15, 0.2) is 12.7 Å². The predicted molar refractivity (Wildman–Crippen MR) is 87.8 cm³/mol. The molecule has 0 saturated heterocycles. The molecular formula is C17H30N2O3. The van der Waals surface area contributed by atoms with Gasteiger partial charge in [-0.25, -0.2) is 4.79 Å². The van der Waals surface area contributed by atoms with Crippen LogP contribution in [0.1, 0.15) is 64.2 Å². The average molecular weight is 310 g/mol. The van der Waals surface area contributed by atoms with Gasteiger partial charge in [0.1, 0.15) is 0 Å². The van der Waals surface area contributed by atoms with E-state index in [4.69, 9.17) is 5.11 Å². The average Bonchev–Trinajstić information content (AvgIpc) is 2.50. The van der Waals surface area contributed by atoms with Crippen LogP contribution in [0.3, 0.4) is 0 Å². The molecule has 0 aliphatic heterocycles. The number of carbonyl (C=O) groups is 2. The summed E-state index contributed by atoms with van der Waals surface area (Å²) in [6, 6.07) is -0.0000596. The molecule has 0 aromatic heterocycles. The zero-order valence-corrected chi connectivity index (χ0v) is 13.5. The monoisotopic (exact) mass is 310 g/mol. The van der Waals surface area contributed by atoms with Gasteiger partial charge >= 0.3 is 12.0 Å². The van der Waals surface area contributed by atoms with E-state index in [1.54, 1.807) is 0 Å². The summed E-state index contributed by atoms with van der Waals surface area (Å²) in [5.74, 6) is -0.946. The minimum atomic E-state index is -0.712. The third-order valence-electron chi connectivity index (χ3n) is 4.28. The Morgan fingerprint density at radius 3 is 2.32 bits per heavy atom. The minimum absolute atomic E-state index is 0.120. The van der Waals surface area contributed by atoms with Crippen molar-refractivity contribution in [3.63, 3.8) is 0 Å². The first-order chi connectivity index (χ1) is 10.6. The highest BCUT2D eigenvalue weighted by Gasteiger charge is 2.26. The molecule has 3 N–H and O–H groups in total. The van der Waals surface area contributed by atoms with Gasteiger partial charge in [-0.2, -0.15) is 0 Å². The molecule has 1 fully saturated rings. The second-order valence-corrected chi connectivity index (χ2v) is 6.13. The Bertz CT molecular complexity index is 350. The predicted octanol–water partition coefficient (Wildman–Crippen LogP) is 3.46. The van der Waals surface area contributed by atoms with Crippen LogP contribution in [-0.4, -0.2) is 29.7 Å². The number of unbranched alkanes of at least 4 members (excludes halogenated alkanes) is 5. The summed E-state index contributed by atoms with van der Waals surface area (Å²) in [6.07, 6.45) is 11.7. The molecule has 126 valence electrons. The Hall–Kier alpha value is -1.52. The fourth-order valence-electron chi connectivity index (χ4n) is 2.87. The van der Waals surface area contributed by atoms with Gasteiger partial charge < -0.3 is 15.7 Å². The molecule has 0 atom stereocenters. The number of hydrogen-bond acceptors (Lipinski definition) is 2. The van der Waals surface area contributed by atoms with Crippen molar-refractivity contribution in [2.45, 2.75) is 70.3 Å². The van der Waals surface area contributed by atoms with E-state index in [1.807, 2.05) is 6.08 Å². The fourth-order valence-corrected chi connectivity index (χ4v) is 2.87. The van der Waals surface area contributed by atoms with Crippen molar-refractivity contribution >= 4 is 12.0 Å². The molecule has 0 aromatic rings. The summed E-state index contributed by atoms with van der Waals surface area (Å²) in [5.41, 5.74) is 0. The number of allylic oxidation sites excluding steroid dienone is 1. The molecule has 5 nitrogen and oxygen atoms in total. The number of urea groups is 1. The van der Waals surface area contributed by atoms with Crippen molar-refractivity contribution < 1.29 is 14.7 Å². The van der Waals surface area contributed by atoms with E-state index < -0.39 is 5.97 Å². The lowest BCUT2D eigenvalue weighted by atomic mass is 9.86. The summed E-state index contributed by atoms with van der Waals surface area (Å²) >= 11 is 0. The number of rotatable bonds is 10. The third-order valence-corrected chi connectivity index (χ3v) is 4.28. The summed E-state index contributed by atoms with van der Waals surface area (Å²) in [5, 5.41) is 14.8. The highest BCUT2D eigenvalue weighted by atomic mass is 16.4. The quantitative estimate of drug-likeness (QED) is 0.427. The van der Waals surface area contributed by atoms with Gasteiger partial charge in [0.25, 0.3) is 0 Å². The minimum Gasteiger partial charge on any atom is -0.481 e. The number of carboxylic acids is 1. The van der Waals surface area contributed by atoms with Gasteiger partial charge in [-0.15, -0.1) is 6.58 Å². The molecule has 0 radical (unpaired) electrons. The molecule has 0 spiro atoms. The lowest BCUT2D eigenvalue weighted by molar-refractivity contribution is -0.142.